The SMILES string of the molecule is N[C@@H](c1ccc(Oc2ccccc2)c(Oc2ccccc2)c1)c1cccs1. The molecule has 4 rings (SSSR count). The van der Waals surface area contributed by atoms with Crippen LogP contribution in [-0.2, 0) is 0 Å². The summed E-state index contributed by atoms with van der Waals surface area (Å²) in [6.07, 6.45) is 0. The van der Waals surface area contributed by atoms with Crippen LogP contribution in [0, 0.1) is 0 Å². The van der Waals surface area contributed by atoms with Crippen LogP contribution >= 0.6 is 11.3 Å². The van der Waals surface area contributed by atoms with Crippen LogP contribution < -0.4 is 15.2 Å². The molecule has 4 aromatic rings. The first-order chi connectivity index (χ1) is 13.3. The molecular formula is C23H19NO2S. The number of benzene rings is 3. The molecular weight excluding hydrogens is 354 g/mol. The first kappa shape index (κ1) is 17.3. The van der Waals surface area contributed by atoms with Crippen molar-refractivity contribution in [1.29, 1.82) is 0 Å². The van der Waals surface area contributed by atoms with Gasteiger partial charge in [0.15, 0.2) is 11.5 Å². The van der Waals surface area contributed by atoms with E-state index < -0.39 is 0 Å². The molecule has 1 heterocycles. The van der Waals surface area contributed by atoms with E-state index in [1.54, 1.807) is 11.3 Å². The Morgan fingerprint density at radius 2 is 1.30 bits per heavy atom. The largest absolute Gasteiger partial charge is 0.453 e. The predicted molar refractivity (Wildman–Crippen MR) is 110 cm³/mol. The van der Waals surface area contributed by atoms with Gasteiger partial charge in [0, 0.05) is 4.88 Å². The quantitative estimate of drug-likeness (QED) is 0.426. The van der Waals surface area contributed by atoms with Crippen molar-refractivity contribution >= 4 is 11.3 Å². The monoisotopic (exact) mass is 373 g/mol. The Morgan fingerprint density at radius 1 is 0.667 bits per heavy atom. The van der Waals surface area contributed by atoms with E-state index in [-0.39, 0.29) is 6.04 Å². The molecule has 27 heavy (non-hydrogen) atoms. The number of para-hydroxylation sites is 2. The van der Waals surface area contributed by atoms with E-state index in [0.29, 0.717) is 11.5 Å². The molecule has 4 heteroatoms. The molecule has 0 bridgehead atoms. The topological polar surface area (TPSA) is 44.5 Å². The van der Waals surface area contributed by atoms with Gasteiger partial charge in [-0.25, -0.2) is 0 Å². The zero-order chi connectivity index (χ0) is 18.5. The third-order valence-electron chi connectivity index (χ3n) is 4.12. The van der Waals surface area contributed by atoms with Gasteiger partial charge in [0.25, 0.3) is 0 Å². The fourth-order valence-corrected chi connectivity index (χ4v) is 3.50. The first-order valence-electron chi connectivity index (χ1n) is 8.68. The molecule has 3 aromatic carbocycles. The van der Waals surface area contributed by atoms with Gasteiger partial charge in [-0.2, -0.15) is 0 Å². The second kappa shape index (κ2) is 8.08. The lowest BCUT2D eigenvalue weighted by atomic mass is 10.1. The van der Waals surface area contributed by atoms with Gasteiger partial charge in [-0.15, -0.1) is 11.3 Å². The highest BCUT2D eigenvalue weighted by molar-refractivity contribution is 7.10. The Hall–Kier alpha value is -3.08. The summed E-state index contributed by atoms with van der Waals surface area (Å²) >= 11 is 1.65. The number of rotatable bonds is 6. The minimum atomic E-state index is -0.200. The van der Waals surface area contributed by atoms with Gasteiger partial charge >= 0.3 is 0 Å². The lowest BCUT2D eigenvalue weighted by Gasteiger charge is -2.16. The minimum absolute atomic E-state index is 0.200. The number of hydrogen-bond acceptors (Lipinski definition) is 4. The van der Waals surface area contributed by atoms with Crippen molar-refractivity contribution < 1.29 is 9.47 Å². The van der Waals surface area contributed by atoms with Gasteiger partial charge in [-0.3, -0.25) is 0 Å². The van der Waals surface area contributed by atoms with Crippen molar-refractivity contribution in [2.45, 2.75) is 6.04 Å². The molecule has 134 valence electrons. The minimum Gasteiger partial charge on any atom is -0.453 e. The molecule has 2 N–H and O–H groups in total. The molecule has 1 atom stereocenters. The molecule has 0 aliphatic carbocycles. The van der Waals surface area contributed by atoms with Gasteiger partial charge in [-0.05, 0) is 53.4 Å². The smallest absolute Gasteiger partial charge is 0.170 e. The Bertz CT molecular complexity index is 986. The molecule has 0 aliphatic heterocycles. The number of ether oxygens (including phenoxy) is 2. The van der Waals surface area contributed by atoms with Crippen LogP contribution in [-0.4, -0.2) is 0 Å². The van der Waals surface area contributed by atoms with E-state index in [2.05, 4.69) is 0 Å². The van der Waals surface area contributed by atoms with Crippen LogP contribution in [0.4, 0.5) is 0 Å². The summed E-state index contributed by atoms with van der Waals surface area (Å²) in [4.78, 5) is 1.11. The molecule has 0 amide bonds. The van der Waals surface area contributed by atoms with Crippen molar-refractivity contribution in [2.75, 3.05) is 0 Å². The fourth-order valence-electron chi connectivity index (χ4n) is 2.75. The number of thiophene rings is 1. The molecule has 0 saturated heterocycles. The molecule has 0 fully saturated rings. The Kier molecular flexibility index (Phi) is 5.19. The van der Waals surface area contributed by atoms with Crippen molar-refractivity contribution in [3.63, 3.8) is 0 Å². The maximum atomic E-state index is 6.44. The highest BCUT2D eigenvalue weighted by Crippen LogP contribution is 2.37. The lowest BCUT2D eigenvalue weighted by molar-refractivity contribution is 0.418. The van der Waals surface area contributed by atoms with Gasteiger partial charge in [-0.1, -0.05) is 48.5 Å². The first-order valence-corrected chi connectivity index (χ1v) is 9.56. The van der Waals surface area contributed by atoms with Crippen LogP contribution in [0.5, 0.6) is 23.0 Å². The number of hydrogen-bond donors (Lipinski definition) is 1. The van der Waals surface area contributed by atoms with E-state index in [1.807, 2.05) is 96.4 Å². The Labute approximate surface area is 162 Å². The lowest BCUT2D eigenvalue weighted by Crippen LogP contribution is -2.10. The maximum absolute atomic E-state index is 6.44. The van der Waals surface area contributed by atoms with Crippen molar-refractivity contribution in [3.8, 4) is 23.0 Å². The molecule has 0 radical (unpaired) electrons. The molecule has 0 saturated carbocycles. The van der Waals surface area contributed by atoms with Gasteiger partial charge in [0.1, 0.15) is 11.5 Å². The van der Waals surface area contributed by atoms with Crippen LogP contribution in [0.3, 0.4) is 0 Å². The Balaban J connectivity index is 1.69. The highest BCUT2D eigenvalue weighted by atomic mass is 32.1. The van der Waals surface area contributed by atoms with E-state index in [9.17, 15) is 0 Å². The molecule has 0 spiro atoms. The van der Waals surface area contributed by atoms with Crippen LogP contribution in [0.1, 0.15) is 16.5 Å². The van der Waals surface area contributed by atoms with Crippen molar-refractivity contribution in [1.82, 2.24) is 0 Å². The van der Waals surface area contributed by atoms with E-state index in [4.69, 9.17) is 15.2 Å². The Morgan fingerprint density at radius 3 is 1.89 bits per heavy atom. The maximum Gasteiger partial charge on any atom is 0.170 e. The summed E-state index contributed by atoms with van der Waals surface area (Å²) in [6.45, 7) is 0. The molecule has 3 nitrogen and oxygen atoms in total. The summed E-state index contributed by atoms with van der Waals surface area (Å²) in [5.41, 5.74) is 7.42. The molecule has 0 unspecified atom stereocenters. The average molecular weight is 373 g/mol. The number of nitrogens with two attached hydrogens (primary N) is 1. The normalized spacial score (nSPS) is 11.7. The summed E-state index contributed by atoms with van der Waals surface area (Å²) < 4.78 is 12.2. The summed E-state index contributed by atoms with van der Waals surface area (Å²) in [7, 11) is 0. The zero-order valence-electron chi connectivity index (χ0n) is 14.6. The zero-order valence-corrected chi connectivity index (χ0v) is 15.4. The van der Waals surface area contributed by atoms with Crippen molar-refractivity contribution in [3.05, 3.63) is 107 Å². The van der Waals surface area contributed by atoms with Crippen LogP contribution in [0.15, 0.2) is 96.4 Å². The summed E-state index contributed by atoms with van der Waals surface area (Å²) in [5, 5.41) is 2.03. The van der Waals surface area contributed by atoms with Gasteiger partial charge in [0.2, 0.25) is 0 Å². The highest BCUT2D eigenvalue weighted by Gasteiger charge is 2.15. The third kappa shape index (κ3) is 4.19. The molecule has 0 aliphatic rings. The standard InChI is InChI=1S/C23H19NO2S/c24-23(22-12-7-15-27-22)17-13-14-20(25-18-8-3-1-4-9-18)21(16-17)26-19-10-5-2-6-11-19/h1-16,23H,24H2/t23-/m0/s1. The summed E-state index contributed by atoms with van der Waals surface area (Å²) in [5.74, 6) is 2.78. The predicted octanol–water partition coefficient (Wildman–Crippen LogP) is 6.38. The summed E-state index contributed by atoms with van der Waals surface area (Å²) in [6, 6.07) is 29.0. The molecule has 1 aromatic heterocycles. The average Bonchev–Trinajstić information content (AvgIpc) is 3.25. The van der Waals surface area contributed by atoms with Crippen LogP contribution in [0.2, 0.25) is 0 Å². The van der Waals surface area contributed by atoms with Gasteiger partial charge in [0.05, 0.1) is 6.04 Å². The second-order valence-electron chi connectivity index (χ2n) is 6.03. The van der Waals surface area contributed by atoms with Crippen LogP contribution in [0.25, 0.3) is 0 Å². The van der Waals surface area contributed by atoms with E-state index in [1.165, 1.54) is 0 Å². The van der Waals surface area contributed by atoms with Crippen molar-refractivity contribution in [2.24, 2.45) is 5.73 Å². The fraction of sp³-hybridized carbons (Fsp3) is 0.0435. The van der Waals surface area contributed by atoms with E-state index in [0.717, 1.165) is 21.9 Å². The van der Waals surface area contributed by atoms with E-state index >= 15 is 0 Å². The third-order valence-corrected chi connectivity index (χ3v) is 5.07. The second-order valence-corrected chi connectivity index (χ2v) is 7.01. The van der Waals surface area contributed by atoms with Gasteiger partial charge < -0.3 is 15.2 Å².